The number of aromatic nitrogens is 4. The first kappa shape index (κ1) is 22.3. The van der Waals surface area contributed by atoms with Crippen molar-refractivity contribution in [2.75, 3.05) is 14.2 Å². The number of methoxy groups -OCH3 is 2. The molecule has 0 aliphatic carbocycles. The largest absolute Gasteiger partial charge is 0.493 e. The van der Waals surface area contributed by atoms with Crippen molar-refractivity contribution in [1.29, 1.82) is 0 Å². The third-order valence-electron chi connectivity index (χ3n) is 5.44. The fourth-order valence-corrected chi connectivity index (χ4v) is 4.35. The Morgan fingerprint density at radius 2 is 1.63 bits per heavy atom. The van der Waals surface area contributed by atoms with Crippen LogP contribution in [-0.4, -0.2) is 33.8 Å². The van der Waals surface area contributed by atoms with Crippen molar-refractivity contribution in [3.05, 3.63) is 34.2 Å². The predicted molar refractivity (Wildman–Crippen MR) is 121 cm³/mol. The van der Waals surface area contributed by atoms with Crippen LogP contribution >= 0.6 is 11.6 Å². The van der Waals surface area contributed by atoms with Crippen LogP contribution in [0.4, 0.5) is 0 Å². The van der Waals surface area contributed by atoms with Gasteiger partial charge in [-0.05, 0) is 38.2 Å². The number of halogens is 1. The summed E-state index contributed by atoms with van der Waals surface area (Å²) in [6, 6.07) is 3.60. The van der Waals surface area contributed by atoms with Gasteiger partial charge in [-0.25, -0.2) is 9.97 Å². The molecule has 2 heterocycles. The number of nitrogens with zero attached hydrogens (tertiary/aromatic N) is 4. The van der Waals surface area contributed by atoms with Crippen molar-refractivity contribution >= 4 is 17.2 Å². The molecule has 3 aromatic rings. The zero-order chi connectivity index (χ0) is 21.8. The average Bonchev–Trinajstić information content (AvgIpc) is 3.11. The molecular formula is C23H31ClN4O2. The topological polar surface area (TPSA) is 61.5 Å². The van der Waals surface area contributed by atoms with Gasteiger partial charge in [0.2, 0.25) is 0 Å². The molecule has 6 nitrogen and oxygen atoms in total. The third-order valence-corrected chi connectivity index (χ3v) is 5.75. The van der Waals surface area contributed by atoms with Crippen LogP contribution in [0.3, 0.4) is 0 Å². The van der Waals surface area contributed by atoms with Gasteiger partial charge in [-0.1, -0.05) is 45.2 Å². The van der Waals surface area contributed by atoms with E-state index in [4.69, 9.17) is 36.1 Å². The van der Waals surface area contributed by atoms with Crippen molar-refractivity contribution in [2.24, 2.45) is 0 Å². The minimum absolute atomic E-state index is 0.440. The summed E-state index contributed by atoms with van der Waals surface area (Å²) in [6.07, 6.45) is 5.35. The van der Waals surface area contributed by atoms with E-state index in [1.54, 1.807) is 20.3 Å². The molecule has 30 heavy (non-hydrogen) atoms. The summed E-state index contributed by atoms with van der Waals surface area (Å²) < 4.78 is 12.7. The highest BCUT2D eigenvalue weighted by Gasteiger charge is 2.25. The molecular weight excluding hydrogens is 400 g/mol. The summed E-state index contributed by atoms with van der Waals surface area (Å²) in [7, 11) is 3.20. The molecule has 0 spiro atoms. The van der Waals surface area contributed by atoms with Gasteiger partial charge in [0.25, 0.3) is 0 Å². The van der Waals surface area contributed by atoms with Gasteiger partial charge in [0, 0.05) is 17.2 Å². The number of ether oxygens (including phenoxy) is 2. The quantitative estimate of drug-likeness (QED) is 0.415. The highest BCUT2D eigenvalue weighted by Crippen LogP contribution is 2.39. The molecule has 0 aliphatic rings. The molecule has 7 heteroatoms. The fraction of sp³-hybridized carbons (Fsp3) is 0.522. The molecule has 0 amide bonds. The van der Waals surface area contributed by atoms with Crippen LogP contribution in [0.15, 0.2) is 12.1 Å². The first-order chi connectivity index (χ1) is 14.5. The van der Waals surface area contributed by atoms with E-state index in [-0.39, 0.29) is 0 Å². The van der Waals surface area contributed by atoms with Gasteiger partial charge in [0.1, 0.15) is 5.82 Å². The lowest BCUT2D eigenvalue weighted by Gasteiger charge is -2.16. The van der Waals surface area contributed by atoms with Crippen molar-refractivity contribution in [3.63, 3.8) is 0 Å². The lowest BCUT2D eigenvalue weighted by atomic mass is 9.89. The SMILES string of the molecule is CCCC(CCC)c1c(CC)nn2c(-c3cc(OC)c(OC)cc3Cl)nc(C)nc12. The van der Waals surface area contributed by atoms with Gasteiger partial charge in [0.05, 0.1) is 24.9 Å². The van der Waals surface area contributed by atoms with E-state index in [9.17, 15) is 0 Å². The summed E-state index contributed by atoms with van der Waals surface area (Å²) >= 11 is 6.63. The molecule has 0 atom stereocenters. The van der Waals surface area contributed by atoms with Gasteiger partial charge in [0.15, 0.2) is 23.0 Å². The van der Waals surface area contributed by atoms with Gasteiger partial charge < -0.3 is 9.47 Å². The molecule has 0 aliphatic heterocycles. The van der Waals surface area contributed by atoms with Crippen LogP contribution in [0.5, 0.6) is 11.5 Å². The Bertz CT molecular complexity index is 1030. The van der Waals surface area contributed by atoms with Crippen molar-refractivity contribution in [3.8, 4) is 22.9 Å². The van der Waals surface area contributed by atoms with Crippen molar-refractivity contribution in [1.82, 2.24) is 19.6 Å². The van der Waals surface area contributed by atoms with Crippen LogP contribution < -0.4 is 9.47 Å². The van der Waals surface area contributed by atoms with E-state index >= 15 is 0 Å². The summed E-state index contributed by atoms with van der Waals surface area (Å²) in [4.78, 5) is 9.52. The number of fused-ring (bicyclic) bond motifs is 1. The monoisotopic (exact) mass is 430 g/mol. The van der Waals surface area contributed by atoms with E-state index in [0.717, 1.165) is 49.0 Å². The summed E-state index contributed by atoms with van der Waals surface area (Å²) in [5, 5.41) is 5.46. The zero-order valence-electron chi connectivity index (χ0n) is 18.8. The molecule has 2 aromatic heterocycles. The summed E-state index contributed by atoms with van der Waals surface area (Å²) in [5.41, 5.74) is 3.96. The molecule has 0 radical (unpaired) electrons. The predicted octanol–water partition coefficient (Wildman–Crippen LogP) is 6.02. The molecule has 0 saturated carbocycles. The summed E-state index contributed by atoms with van der Waals surface area (Å²) in [5.74, 6) is 2.97. The van der Waals surface area contributed by atoms with Crippen LogP contribution in [0, 0.1) is 6.92 Å². The molecule has 0 unspecified atom stereocenters. The minimum atomic E-state index is 0.440. The van der Waals surface area contributed by atoms with E-state index in [1.165, 1.54) is 5.56 Å². The maximum atomic E-state index is 6.63. The number of hydrogen-bond donors (Lipinski definition) is 0. The smallest absolute Gasteiger partial charge is 0.166 e. The zero-order valence-corrected chi connectivity index (χ0v) is 19.5. The normalized spacial score (nSPS) is 11.5. The molecule has 0 bridgehead atoms. The first-order valence-corrected chi connectivity index (χ1v) is 11.0. The summed E-state index contributed by atoms with van der Waals surface area (Å²) in [6.45, 7) is 8.52. The highest BCUT2D eigenvalue weighted by atomic mass is 35.5. The molecule has 1 aromatic carbocycles. The van der Waals surface area contributed by atoms with Crippen LogP contribution in [0.25, 0.3) is 17.0 Å². The van der Waals surface area contributed by atoms with E-state index < -0.39 is 0 Å². The lowest BCUT2D eigenvalue weighted by Crippen LogP contribution is -2.06. The molecule has 3 rings (SSSR count). The van der Waals surface area contributed by atoms with Gasteiger partial charge >= 0.3 is 0 Å². The third kappa shape index (κ3) is 4.10. The van der Waals surface area contributed by atoms with E-state index in [2.05, 4.69) is 20.8 Å². The Balaban J connectivity index is 2.31. The Morgan fingerprint density at radius 3 is 2.20 bits per heavy atom. The van der Waals surface area contributed by atoms with E-state index in [0.29, 0.717) is 34.1 Å². The number of rotatable bonds is 9. The maximum Gasteiger partial charge on any atom is 0.166 e. The van der Waals surface area contributed by atoms with E-state index in [1.807, 2.05) is 17.5 Å². The first-order valence-electron chi connectivity index (χ1n) is 10.7. The fourth-order valence-electron chi connectivity index (χ4n) is 4.11. The van der Waals surface area contributed by atoms with Gasteiger partial charge in [-0.3, -0.25) is 0 Å². The Morgan fingerprint density at radius 1 is 1.00 bits per heavy atom. The molecule has 0 saturated heterocycles. The number of benzene rings is 1. The van der Waals surface area contributed by atoms with Gasteiger partial charge in [-0.2, -0.15) is 9.61 Å². The Kier molecular flexibility index (Phi) is 7.19. The molecule has 0 fully saturated rings. The molecule has 162 valence electrons. The maximum absolute atomic E-state index is 6.63. The molecule has 0 N–H and O–H groups in total. The van der Waals surface area contributed by atoms with Crippen LogP contribution in [0.2, 0.25) is 5.02 Å². The number of hydrogen-bond acceptors (Lipinski definition) is 5. The second-order valence-corrected chi connectivity index (χ2v) is 7.91. The van der Waals surface area contributed by atoms with Gasteiger partial charge in [-0.15, -0.1) is 0 Å². The minimum Gasteiger partial charge on any atom is -0.493 e. The van der Waals surface area contributed by atoms with Crippen LogP contribution in [0.1, 0.15) is 69.5 Å². The second kappa shape index (κ2) is 9.65. The second-order valence-electron chi connectivity index (χ2n) is 7.51. The van der Waals surface area contributed by atoms with Crippen molar-refractivity contribution < 1.29 is 9.47 Å². The van der Waals surface area contributed by atoms with Crippen molar-refractivity contribution in [2.45, 2.75) is 65.7 Å². The standard InChI is InChI=1S/C23H31ClN4O2/c1-7-10-15(11-8-2)21-18(9-3)27-28-22(25-14(4)26-23(21)28)16-12-19(29-5)20(30-6)13-17(16)24/h12-13,15H,7-11H2,1-6H3. The average molecular weight is 431 g/mol. The lowest BCUT2D eigenvalue weighted by molar-refractivity contribution is 0.355. The highest BCUT2D eigenvalue weighted by molar-refractivity contribution is 6.33. The Hall–Kier alpha value is -2.34. The number of aryl methyl sites for hydroxylation is 2. The Labute approximate surface area is 183 Å². The van der Waals surface area contributed by atoms with Crippen LogP contribution in [-0.2, 0) is 6.42 Å².